The van der Waals surface area contributed by atoms with Crippen molar-refractivity contribution >= 4 is 33.2 Å². The van der Waals surface area contributed by atoms with Crippen LogP contribution in [0.4, 0.5) is 5.69 Å². The van der Waals surface area contributed by atoms with Gasteiger partial charge in [-0.15, -0.1) is 0 Å². The van der Waals surface area contributed by atoms with Crippen LogP contribution < -0.4 is 26.2 Å². The van der Waals surface area contributed by atoms with Gasteiger partial charge in [0.25, 0.3) is 5.91 Å². The van der Waals surface area contributed by atoms with Crippen LogP contribution in [0.3, 0.4) is 0 Å². The Kier molecular flexibility index (Phi) is 8.70. The van der Waals surface area contributed by atoms with E-state index in [1.165, 1.54) is 36.9 Å². The fourth-order valence-electron chi connectivity index (χ4n) is 2.78. The van der Waals surface area contributed by atoms with E-state index in [2.05, 4.69) is 5.32 Å². The van der Waals surface area contributed by atoms with Crippen LogP contribution in [0.15, 0.2) is 59.5 Å². The number of hydroxylamine groups is 1. The third-order valence-corrected chi connectivity index (χ3v) is 6.17. The molecule has 0 aliphatic rings. The molecule has 2 aromatic carbocycles. The number of methoxy groups -OCH3 is 1. The second-order valence-electron chi connectivity index (χ2n) is 6.57. The normalized spacial score (nSPS) is 11.8. The van der Waals surface area contributed by atoms with Crippen LogP contribution in [0, 0.1) is 0 Å². The Labute approximate surface area is 185 Å². The van der Waals surface area contributed by atoms with Crippen molar-refractivity contribution in [1.29, 1.82) is 0 Å². The van der Waals surface area contributed by atoms with Crippen molar-refractivity contribution in [1.82, 2.24) is 10.8 Å². The standard InChI is InChI=1S/C20H24N4O7S/c1-31-15-7-9-16(10-8-15)32(29,30)13-17(20(27)23-28)22-18(25)12-24(19(26)11-21)14-5-3-2-4-6-14/h2-10,17,28H,11-13,21H2,1H3,(H,22,25)(H,23,27). The summed E-state index contributed by atoms with van der Waals surface area (Å²) in [5.74, 6) is -2.90. The minimum Gasteiger partial charge on any atom is -0.497 e. The van der Waals surface area contributed by atoms with E-state index in [1.54, 1.807) is 30.3 Å². The van der Waals surface area contributed by atoms with E-state index >= 15 is 0 Å². The Balaban J connectivity index is 2.19. The van der Waals surface area contributed by atoms with Crippen LogP contribution in [-0.4, -0.2) is 63.3 Å². The number of hydrogen-bond acceptors (Lipinski definition) is 8. The fraction of sp³-hybridized carbons (Fsp3) is 0.250. The third-order valence-electron chi connectivity index (χ3n) is 4.41. The lowest BCUT2D eigenvalue weighted by Crippen LogP contribution is -2.53. The first-order chi connectivity index (χ1) is 15.2. The van der Waals surface area contributed by atoms with Crippen LogP contribution in [0.2, 0.25) is 0 Å². The highest BCUT2D eigenvalue weighted by Gasteiger charge is 2.29. The molecule has 0 heterocycles. The predicted octanol–water partition coefficient (Wildman–Crippen LogP) is -0.549. The average Bonchev–Trinajstić information content (AvgIpc) is 2.81. The van der Waals surface area contributed by atoms with Crippen LogP contribution in [0.5, 0.6) is 5.75 Å². The van der Waals surface area contributed by atoms with Crippen molar-refractivity contribution in [3.8, 4) is 5.75 Å². The Morgan fingerprint density at radius 2 is 1.72 bits per heavy atom. The minimum atomic E-state index is -4.03. The van der Waals surface area contributed by atoms with Crippen molar-refractivity contribution in [3.05, 3.63) is 54.6 Å². The van der Waals surface area contributed by atoms with Crippen LogP contribution in [-0.2, 0) is 24.2 Å². The highest BCUT2D eigenvalue weighted by Crippen LogP contribution is 2.18. The Hall–Kier alpha value is -3.48. The maximum Gasteiger partial charge on any atom is 0.266 e. The number of rotatable bonds is 10. The molecule has 0 fully saturated rings. The molecular weight excluding hydrogens is 440 g/mol. The van der Waals surface area contributed by atoms with Gasteiger partial charge in [-0.2, -0.15) is 0 Å². The molecule has 1 atom stereocenters. The summed E-state index contributed by atoms with van der Waals surface area (Å²) in [5, 5.41) is 11.2. The number of nitrogens with two attached hydrogens (primary N) is 1. The molecule has 11 nitrogen and oxygen atoms in total. The van der Waals surface area contributed by atoms with Gasteiger partial charge in [-0.25, -0.2) is 13.9 Å². The quantitative estimate of drug-likeness (QED) is 0.268. The Bertz CT molecular complexity index is 1040. The van der Waals surface area contributed by atoms with E-state index in [-0.39, 0.29) is 11.4 Å². The molecule has 1 unspecified atom stereocenters. The summed E-state index contributed by atoms with van der Waals surface area (Å²) >= 11 is 0. The van der Waals surface area contributed by atoms with Gasteiger partial charge in [-0.3, -0.25) is 19.6 Å². The second kappa shape index (κ2) is 11.2. The molecule has 2 rings (SSSR count). The number of nitrogens with one attached hydrogen (secondary N) is 2. The smallest absolute Gasteiger partial charge is 0.266 e. The zero-order valence-corrected chi connectivity index (χ0v) is 18.0. The molecule has 172 valence electrons. The van der Waals surface area contributed by atoms with Gasteiger partial charge in [-0.05, 0) is 36.4 Å². The number of sulfone groups is 1. The third kappa shape index (κ3) is 6.51. The first-order valence-corrected chi connectivity index (χ1v) is 11.0. The number of amides is 3. The summed E-state index contributed by atoms with van der Waals surface area (Å²) < 4.78 is 30.4. The average molecular weight is 465 g/mol. The first-order valence-electron chi connectivity index (χ1n) is 9.37. The number of carbonyl (C=O) groups excluding carboxylic acids is 3. The van der Waals surface area contributed by atoms with Crippen molar-refractivity contribution in [2.45, 2.75) is 10.9 Å². The van der Waals surface area contributed by atoms with E-state index in [4.69, 9.17) is 15.7 Å². The van der Waals surface area contributed by atoms with Gasteiger partial charge in [0, 0.05) is 5.69 Å². The number of benzene rings is 2. The lowest BCUT2D eigenvalue weighted by atomic mass is 10.2. The van der Waals surface area contributed by atoms with Crippen molar-refractivity contribution in [2.75, 3.05) is 30.9 Å². The SMILES string of the molecule is COc1ccc(S(=O)(=O)CC(NC(=O)CN(C(=O)CN)c2ccccc2)C(=O)NO)cc1. The predicted molar refractivity (Wildman–Crippen MR) is 115 cm³/mol. The van der Waals surface area contributed by atoms with Gasteiger partial charge >= 0.3 is 0 Å². The summed E-state index contributed by atoms with van der Waals surface area (Å²) in [7, 11) is -2.60. The summed E-state index contributed by atoms with van der Waals surface area (Å²) in [6.45, 7) is -0.883. The molecule has 0 radical (unpaired) electrons. The molecule has 5 N–H and O–H groups in total. The monoisotopic (exact) mass is 464 g/mol. The lowest BCUT2D eigenvalue weighted by molar-refractivity contribution is -0.133. The van der Waals surface area contributed by atoms with Crippen molar-refractivity contribution in [2.24, 2.45) is 5.73 Å². The summed E-state index contributed by atoms with van der Waals surface area (Å²) in [5.41, 5.74) is 7.16. The lowest BCUT2D eigenvalue weighted by Gasteiger charge is -2.23. The molecule has 32 heavy (non-hydrogen) atoms. The summed E-state index contributed by atoms with van der Waals surface area (Å²) in [4.78, 5) is 37.8. The Morgan fingerprint density at radius 1 is 1.09 bits per heavy atom. The zero-order valence-electron chi connectivity index (χ0n) is 17.2. The molecule has 0 aliphatic heterocycles. The van der Waals surface area contributed by atoms with Crippen molar-refractivity contribution < 1.29 is 32.7 Å². The first kappa shape index (κ1) is 24.8. The maximum atomic E-state index is 12.7. The Morgan fingerprint density at radius 3 is 2.25 bits per heavy atom. The van der Waals surface area contributed by atoms with Gasteiger partial charge in [0.05, 0.1) is 24.3 Å². The molecule has 0 spiro atoms. The van der Waals surface area contributed by atoms with Crippen molar-refractivity contribution in [3.63, 3.8) is 0 Å². The van der Waals surface area contributed by atoms with Gasteiger partial charge in [0.1, 0.15) is 18.3 Å². The van der Waals surface area contributed by atoms with Gasteiger partial charge in [-0.1, -0.05) is 18.2 Å². The number of anilines is 1. The highest BCUT2D eigenvalue weighted by molar-refractivity contribution is 7.91. The van der Waals surface area contributed by atoms with E-state index in [9.17, 15) is 22.8 Å². The van der Waals surface area contributed by atoms with E-state index < -0.39 is 45.9 Å². The highest BCUT2D eigenvalue weighted by atomic mass is 32.2. The fourth-order valence-corrected chi connectivity index (χ4v) is 4.20. The topological polar surface area (TPSA) is 168 Å². The molecule has 0 bridgehead atoms. The van der Waals surface area contributed by atoms with Gasteiger partial charge < -0.3 is 20.7 Å². The van der Waals surface area contributed by atoms with Crippen LogP contribution >= 0.6 is 0 Å². The largest absolute Gasteiger partial charge is 0.497 e. The molecule has 0 aliphatic carbocycles. The van der Waals surface area contributed by atoms with E-state index in [0.29, 0.717) is 11.4 Å². The molecule has 0 saturated heterocycles. The zero-order chi connectivity index (χ0) is 23.7. The number of ether oxygens (including phenoxy) is 1. The summed E-state index contributed by atoms with van der Waals surface area (Å²) in [6, 6.07) is 12.1. The minimum absolute atomic E-state index is 0.104. The molecule has 12 heteroatoms. The molecule has 2 aromatic rings. The maximum absolute atomic E-state index is 12.7. The summed E-state index contributed by atoms with van der Waals surface area (Å²) in [6.07, 6.45) is 0. The molecule has 0 saturated carbocycles. The number of hydrogen-bond donors (Lipinski definition) is 4. The molecular formula is C20H24N4O7S. The van der Waals surface area contributed by atoms with Crippen LogP contribution in [0.25, 0.3) is 0 Å². The van der Waals surface area contributed by atoms with Gasteiger partial charge in [0.15, 0.2) is 9.84 Å². The number of para-hydroxylation sites is 1. The van der Waals surface area contributed by atoms with E-state index in [1.807, 2.05) is 0 Å². The van der Waals surface area contributed by atoms with E-state index in [0.717, 1.165) is 4.90 Å². The number of nitrogens with zero attached hydrogens (tertiary/aromatic N) is 1. The molecule has 0 aromatic heterocycles. The van der Waals surface area contributed by atoms with Crippen LogP contribution in [0.1, 0.15) is 0 Å². The molecule has 3 amide bonds. The number of carbonyl (C=O) groups is 3. The second-order valence-corrected chi connectivity index (χ2v) is 8.61. The van der Waals surface area contributed by atoms with Gasteiger partial charge in [0.2, 0.25) is 11.8 Å².